The predicted octanol–water partition coefficient (Wildman–Crippen LogP) is 0.744. The van der Waals surface area contributed by atoms with E-state index in [-0.39, 0.29) is 30.0 Å². The van der Waals surface area contributed by atoms with Gasteiger partial charge in [-0.05, 0) is 40.0 Å². The number of carbonyl (C=O) groups excluding carboxylic acids is 1. The zero-order valence-corrected chi connectivity index (χ0v) is 10.7. The lowest BCUT2D eigenvalue weighted by molar-refractivity contribution is -0.141. The molecule has 3 N–H and O–H groups in total. The third kappa shape index (κ3) is 5.17. The van der Waals surface area contributed by atoms with Crippen LogP contribution >= 0.6 is 0 Å². The van der Waals surface area contributed by atoms with Gasteiger partial charge in [-0.15, -0.1) is 0 Å². The SMILES string of the molecule is CC(C)(C)NCC(=O)N[C@H]1CC[C@@H](C(=O)O)C1. The molecule has 1 fully saturated rings. The standard InChI is InChI=1S/C12H22N2O3/c1-12(2,3)13-7-10(15)14-9-5-4-8(6-9)11(16)17/h8-9,13H,4-7H2,1-3H3,(H,14,15)(H,16,17)/t8-,9+/m1/s1. The van der Waals surface area contributed by atoms with Crippen molar-refractivity contribution in [3.8, 4) is 0 Å². The average molecular weight is 242 g/mol. The van der Waals surface area contributed by atoms with E-state index in [0.717, 1.165) is 6.42 Å². The number of hydrogen-bond donors (Lipinski definition) is 3. The van der Waals surface area contributed by atoms with Crippen molar-refractivity contribution >= 4 is 11.9 Å². The van der Waals surface area contributed by atoms with Gasteiger partial charge in [-0.25, -0.2) is 0 Å². The lowest BCUT2D eigenvalue weighted by Gasteiger charge is -2.21. The summed E-state index contributed by atoms with van der Waals surface area (Å²) in [7, 11) is 0. The number of hydrogen-bond acceptors (Lipinski definition) is 3. The Bertz CT molecular complexity index is 297. The molecule has 5 nitrogen and oxygen atoms in total. The molecule has 5 heteroatoms. The molecule has 1 aliphatic carbocycles. The maximum Gasteiger partial charge on any atom is 0.306 e. The van der Waals surface area contributed by atoms with Gasteiger partial charge in [0.1, 0.15) is 0 Å². The molecule has 0 spiro atoms. The second-order valence-electron chi connectivity index (χ2n) is 5.72. The van der Waals surface area contributed by atoms with E-state index in [1.54, 1.807) is 0 Å². The summed E-state index contributed by atoms with van der Waals surface area (Å²) in [4.78, 5) is 22.4. The van der Waals surface area contributed by atoms with Crippen LogP contribution in [0.25, 0.3) is 0 Å². The topological polar surface area (TPSA) is 78.4 Å². The number of nitrogens with one attached hydrogen (secondary N) is 2. The molecule has 0 saturated heterocycles. The molecule has 0 aromatic carbocycles. The van der Waals surface area contributed by atoms with Crippen LogP contribution in [-0.2, 0) is 9.59 Å². The van der Waals surface area contributed by atoms with E-state index in [1.807, 2.05) is 20.8 Å². The molecule has 0 aromatic rings. The number of carboxylic acid groups (broad SMARTS) is 1. The summed E-state index contributed by atoms with van der Waals surface area (Å²) in [6.45, 7) is 6.26. The van der Waals surface area contributed by atoms with Gasteiger partial charge >= 0.3 is 5.97 Å². The average Bonchev–Trinajstić information content (AvgIpc) is 2.62. The quantitative estimate of drug-likeness (QED) is 0.679. The van der Waals surface area contributed by atoms with E-state index in [0.29, 0.717) is 12.8 Å². The molecule has 0 bridgehead atoms. The molecule has 0 heterocycles. The molecule has 98 valence electrons. The highest BCUT2D eigenvalue weighted by Gasteiger charge is 2.30. The highest BCUT2D eigenvalue weighted by Crippen LogP contribution is 2.25. The van der Waals surface area contributed by atoms with Crippen molar-refractivity contribution in [3.05, 3.63) is 0 Å². The van der Waals surface area contributed by atoms with Crippen LogP contribution < -0.4 is 10.6 Å². The second-order valence-corrected chi connectivity index (χ2v) is 5.72. The molecule has 1 amide bonds. The summed E-state index contributed by atoms with van der Waals surface area (Å²) in [5.74, 6) is -1.11. The van der Waals surface area contributed by atoms with Crippen LogP contribution in [0.5, 0.6) is 0 Å². The summed E-state index contributed by atoms with van der Waals surface area (Å²) >= 11 is 0. The van der Waals surface area contributed by atoms with Crippen LogP contribution in [0.15, 0.2) is 0 Å². The molecule has 0 unspecified atom stereocenters. The van der Waals surface area contributed by atoms with Crippen molar-refractivity contribution in [2.45, 2.75) is 51.6 Å². The second kappa shape index (κ2) is 5.49. The maximum atomic E-state index is 11.6. The highest BCUT2D eigenvalue weighted by molar-refractivity contribution is 5.78. The van der Waals surface area contributed by atoms with Crippen LogP contribution in [-0.4, -0.2) is 35.1 Å². The Morgan fingerprint density at radius 2 is 1.94 bits per heavy atom. The maximum absolute atomic E-state index is 11.6. The largest absolute Gasteiger partial charge is 0.481 e. The van der Waals surface area contributed by atoms with Gasteiger partial charge in [-0.2, -0.15) is 0 Å². The van der Waals surface area contributed by atoms with Crippen LogP contribution in [0.2, 0.25) is 0 Å². The fourth-order valence-corrected chi connectivity index (χ4v) is 1.96. The van der Waals surface area contributed by atoms with Gasteiger partial charge in [-0.1, -0.05) is 0 Å². The lowest BCUT2D eigenvalue weighted by Crippen LogP contribution is -2.45. The van der Waals surface area contributed by atoms with Crippen LogP contribution in [0.4, 0.5) is 0 Å². The van der Waals surface area contributed by atoms with Gasteiger partial charge in [0.15, 0.2) is 0 Å². The van der Waals surface area contributed by atoms with Gasteiger partial charge < -0.3 is 15.7 Å². The molecule has 0 aliphatic heterocycles. The van der Waals surface area contributed by atoms with E-state index in [9.17, 15) is 9.59 Å². The van der Waals surface area contributed by atoms with E-state index >= 15 is 0 Å². The van der Waals surface area contributed by atoms with Crippen molar-refractivity contribution in [1.82, 2.24) is 10.6 Å². The molecule has 2 atom stereocenters. The molecule has 17 heavy (non-hydrogen) atoms. The number of aliphatic carboxylic acids is 1. The Labute approximate surface area is 102 Å². The van der Waals surface area contributed by atoms with Crippen LogP contribution in [0, 0.1) is 5.92 Å². The Kier molecular flexibility index (Phi) is 4.51. The van der Waals surface area contributed by atoms with E-state index in [2.05, 4.69) is 10.6 Å². The Balaban J connectivity index is 2.26. The van der Waals surface area contributed by atoms with E-state index < -0.39 is 5.97 Å². The minimum atomic E-state index is -0.755. The minimum Gasteiger partial charge on any atom is -0.481 e. The first-order chi connectivity index (χ1) is 7.78. The first kappa shape index (κ1) is 14.0. The fraction of sp³-hybridized carbons (Fsp3) is 0.833. The first-order valence-electron chi connectivity index (χ1n) is 6.05. The third-order valence-electron chi connectivity index (χ3n) is 2.93. The minimum absolute atomic E-state index is 0.0189. The smallest absolute Gasteiger partial charge is 0.306 e. The van der Waals surface area contributed by atoms with E-state index in [4.69, 9.17) is 5.11 Å². The summed E-state index contributed by atoms with van der Waals surface area (Å²) in [5.41, 5.74) is -0.0867. The van der Waals surface area contributed by atoms with Crippen LogP contribution in [0.3, 0.4) is 0 Å². The third-order valence-corrected chi connectivity index (χ3v) is 2.93. The van der Waals surface area contributed by atoms with Gasteiger partial charge in [0.2, 0.25) is 5.91 Å². The van der Waals surface area contributed by atoms with Crippen molar-refractivity contribution in [1.29, 1.82) is 0 Å². The highest BCUT2D eigenvalue weighted by atomic mass is 16.4. The Morgan fingerprint density at radius 1 is 1.29 bits per heavy atom. The van der Waals surface area contributed by atoms with Crippen molar-refractivity contribution in [2.75, 3.05) is 6.54 Å². The molecular weight excluding hydrogens is 220 g/mol. The molecule has 1 rings (SSSR count). The summed E-state index contributed by atoms with van der Waals surface area (Å²) in [5, 5.41) is 14.8. The number of carboxylic acids is 1. The Morgan fingerprint density at radius 3 is 2.41 bits per heavy atom. The van der Waals surface area contributed by atoms with Crippen molar-refractivity contribution in [3.63, 3.8) is 0 Å². The van der Waals surface area contributed by atoms with Gasteiger partial charge in [0, 0.05) is 11.6 Å². The number of amides is 1. The van der Waals surface area contributed by atoms with Gasteiger partial charge in [-0.3, -0.25) is 9.59 Å². The fourth-order valence-electron chi connectivity index (χ4n) is 1.96. The van der Waals surface area contributed by atoms with Crippen molar-refractivity contribution in [2.24, 2.45) is 5.92 Å². The summed E-state index contributed by atoms with van der Waals surface area (Å²) in [6.07, 6.45) is 1.97. The number of carbonyl (C=O) groups is 2. The summed E-state index contributed by atoms with van der Waals surface area (Å²) in [6, 6.07) is 0.0189. The zero-order valence-electron chi connectivity index (χ0n) is 10.7. The zero-order chi connectivity index (χ0) is 13.1. The summed E-state index contributed by atoms with van der Waals surface area (Å²) < 4.78 is 0. The molecule has 1 aliphatic rings. The molecule has 1 saturated carbocycles. The van der Waals surface area contributed by atoms with Gasteiger partial charge in [0.25, 0.3) is 0 Å². The molecule has 0 aromatic heterocycles. The first-order valence-corrected chi connectivity index (χ1v) is 6.05. The van der Waals surface area contributed by atoms with Crippen molar-refractivity contribution < 1.29 is 14.7 Å². The van der Waals surface area contributed by atoms with Crippen LogP contribution in [0.1, 0.15) is 40.0 Å². The Hall–Kier alpha value is -1.10. The predicted molar refractivity (Wildman–Crippen MR) is 64.7 cm³/mol. The lowest BCUT2D eigenvalue weighted by atomic mass is 10.1. The van der Waals surface area contributed by atoms with E-state index in [1.165, 1.54) is 0 Å². The normalized spacial score (nSPS) is 24.6. The monoisotopic (exact) mass is 242 g/mol. The molecular formula is C12H22N2O3. The number of rotatable bonds is 4. The van der Waals surface area contributed by atoms with Gasteiger partial charge in [0.05, 0.1) is 12.5 Å². The molecule has 0 radical (unpaired) electrons.